The number of benzene rings is 1. The van der Waals surface area contributed by atoms with Gasteiger partial charge in [0, 0.05) is 31.3 Å². The second-order valence-corrected chi connectivity index (χ2v) is 8.14. The van der Waals surface area contributed by atoms with Crippen LogP contribution in [0.15, 0.2) is 36.7 Å². The van der Waals surface area contributed by atoms with Crippen molar-refractivity contribution in [1.82, 2.24) is 20.2 Å². The van der Waals surface area contributed by atoms with Gasteiger partial charge in [-0.2, -0.15) is 0 Å². The molecule has 0 atom stereocenters. The maximum Gasteiger partial charge on any atom is 0.205 e. The van der Waals surface area contributed by atoms with Gasteiger partial charge in [0.15, 0.2) is 0 Å². The van der Waals surface area contributed by atoms with Crippen molar-refractivity contribution in [3.05, 3.63) is 53.5 Å². The normalized spacial score (nSPS) is 16.0. The monoisotopic (exact) mass is 390 g/mol. The van der Waals surface area contributed by atoms with Gasteiger partial charge in [0.05, 0.1) is 18.1 Å². The predicted octanol–water partition coefficient (Wildman–Crippen LogP) is 4.01. The van der Waals surface area contributed by atoms with Crippen molar-refractivity contribution in [1.29, 1.82) is 0 Å². The second-order valence-electron chi connectivity index (χ2n) is 7.17. The number of anilines is 2. The number of aromatic nitrogens is 4. The second kappa shape index (κ2) is 7.31. The Morgan fingerprint density at radius 1 is 1.07 bits per heavy atom. The molecule has 0 amide bonds. The summed E-state index contributed by atoms with van der Waals surface area (Å²) in [5.74, 6) is 0.991. The summed E-state index contributed by atoms with van der Waals surface area (Å²) in [6, 6.07) is 6.53. The first-order chi connectivity index (χ1) is 13.8. The van der Waals surface area contributed by atoms with Crippen molar-refractivity contribution in [3.63, 3.8) is 0 Å². The van der Waals surface area contributed by atoms with Crippen molar-refractivity contribution in [2.45, 2.75) is 25.7 Å². The molecular weight excluding hydrogens is 368 g/mol. The lowest BCUT2D eigenvalue weighted by atomic mass is 10.0. The fourth-order valence-electron chi connectivity index (χ4n) is 3.90. The molecule has 3 heterocycles. The Labute approximate surface area is 168 Å². The van der Waals surface area contributed by atoms with Crippen LogP contribution in [0.5, 0.6) is 0 Å². The summed E-state index contributed by atoms with van der Waals surface area (Å²) >= 11 is 1.56. The average Bonchev–Trinajstić information content (AvgIpc) is 3.41. The number of allylic oxidation sites excluding steroid dienone is 1. The van der Waals surface area contributed by atoms with Crippen LogP contribution in [0.2, 0.25) is 0 Å². The summed E-state index contributed by atoms with van der Waals surface area (Å²) in [5, 5.41) is 13.3. The van der Waals surface area contributed by atoms with Crippen LogP contribution in [0.25, 0.3) is 16.1 Å². The molecule has 142 valence electrons. The van der Waals surface area contributed by atoms with Crippen molar-refractivity contribution in [2.75, 3.05) is 30.4 Å². The molecule has 0 spiro atoms. The average molecular weight is 391 g/mol. The maximum absolute atomic E-state index is 4.96. The highest BCUT2D eigenvalue weighted by atomic mass is 32.1. The zero-order valence-corrected chi connectivity index (χ0v) is 16.7. The fraction of sp³-hybridized carbons (Fsp3) is 0.333. The van der Waals surface area contributed by atoms with E-state index in [9.17, 15) is 0 Å². The standard InChI is InChI=1S/C21H22N6S/c1-22-21-26-25-20(28-21)15-6-5-14-7-8-16(17(14)11-15)18-12-23-13-19(24-18)27-9-3-2-4-10-27/h5-6,8,11-13H,2-4,7,9-10H2,1H3,(H,22,26). The molecule has 2 aliphatic rings. The topological polar surface area (TPSA) is 66.8 Å². The van der Waals surface area contributed by atoms with Crippen molar-refractivity contribution in [2.24, 2.45) is 0 Å². The van der Waals surface area contributed by atoms with E-state index in [-0.39, 0.29) is 0 Å². The highest BCUT2D eigenvalue weighted by Crippen LogP contribution is 2.36. The number of nitrogens with one attached hydrogen (secondary N) is 1. The van der Waals surface area contributed by atoms with Crippen LogP contribution in [0.1, 0.15) is 36.1 Å². The molecule has 1 aliphatic heterocycles. The minimum Gasteiger partial charge on any atom is -0.363 e. The maximum atomic E-state index is 4.96. The third-order valence-electron chi connectivity index (χ3n) is 5.39. The Balaban J connectivity index is 1.48. The Morgan fingerprint density at radius 2 is 1.96 bits per heavy atom. The highest BCUT2D eigenvalue weighted by molar-refractivity contribution is 7.18. The minimum absolute atomic E-state index is 0.825. The van der Waals surface area contributed by atoms with Crippen molar-refractivity contribution >= 4 is 27.9 Å². The van der Waals surface area contributed by atoms with Gasteiger partial charge in [0.2, 0.25) is 5.13 Å². The largest absolute Gasteiger partial charge is 0.363 e. The molecule has 5 rings (SSSR count). The molecule has 1 fully saturated rings. The van der Waals surface area contributed by atoms with Crippen LogP contribution in [0.3, 0.4) is 0 Å². The smallest absolute Gasteiger partial charge is 0.205 e. The number of fused-ring (bicyclic) bond motifs is 1. The molecule has 0 unspecified atom stereocenters. The quantitative estimate of drug-likeness (QED) is 0.726. The Kier molecular flexibility index (Phi) is 4.52. The molecule has 1 aliphatic carbocycles. The SMILES string of the molecule is CNc1nnc(-c2ccc3c(c2)C(c2cncc(N4CCCCC4)n2)=CC3)s1. The molecule has 7 heteroatoms. The minimum atomic E-state index is 0.825. The number of piperidine rings is 1. The Hall–Kier alpha value is -2.80. The molecule has 3 aromatic rings. The summed E-state index contributed by atoms with van der Waals surface area (Å²) in [6.07, 6.45) is 10.7. The predicted molar refractivity (Wildman–Crippen MR) is 114 cm³/mol. The number of hydrogen-bond acceptors (Lipinski definition) is 7. The number of nitrogens with zero attached hydrogens (tertiary/aromatic N) is 5. The molecule has 0 bridgehead atoms. The van der Waals surface area contributed by atoms with Crippen molar-refractivity contribution in [3.8, 4) is 10.6 Å². The molecule has 6 nitrogen and oxygen atoms in total. The lowest BCUT2D eigenvalue weighted by Crippen LogP contribution is -2.30. The molecule has 28 heavy (non-hydrogen) atoms. The number of rotatable bonds is 4. The Bertz CT molecular complexity index is 1030. The zero-order chi connectivity index (χ0) is 18.9. The molecule has 1 N–H and O–H groups in total. The van der Waals surface area contributed by atoms with E-state index in [2.05, 4.69) is 49.7 Å². The first-order valence-electron chi connectivity index (χ1n) is 9.74. The fourth-order valence-corrected chi connectivity index (χ4v) is 4.60. The van der Waals surface area contributed by atoms with E-state index < -0.39 is 0 Å². The first-order valence-corrected chi connectivity index (χ1v) is 10.6. The molecule has 2 aromatic heterocycles. The summed E-state index contributed by atoms with van der Waals surface area (Å²) in [5.41, 5.74) is 5.76. The third-order valence-corrected chi connectivity index (χ3v) is 6.38. The van der Waals surface area contributed by atoms with E-state index in [1.54, 1.807) is 11.3 Å². The third kappa shape index (κ3) is 3.16. The Morgan fingerprint density at radius 3 is 2.79 bits per heavy atom. The highest BCUT2D eigenvalue weighted by Gasteiger charge is 2.20. The summed E-state index contributed by atoms with van der Waals surface area (Å²) in [6.45, 7) is 2.14. The van der Waals surface area contributed by atoms with Crippen LogP contribution in [-0.4, -0.2) is 40.3 Å². The van der Waals surface area contributed by atoms with E-state index in [0.29, 0.717) is 0 Å². The zero-order valence-electron chi connectivity index (χ0n) is 15.9. The summed E-state index contributed by atoms with van der Waals surface area (Å²) < 4.78 is 0. The van der Waals surface area contributed by atoms with Crippen LogP contribution >= 0.6 is 11.3 Å². The summed E-state index contributed by atoms with van der Waals surface area (Å²) in [7, 11) is 1.86. The van der Waals surface area contributed by atoms with Gasteiger partial charge < -0.3 is 10.2 Å². The van der Waals surface area contributed by atoms with Crippen LogP contribution in [0, 0.1) is 0 Å². The molecule has 0 radical (unpaired) electrons. The molecule has 1 saturated heterocycles. The van der Waals surface area contributed by atoms with Gasteiger partial charge in [-0.25, -0.2) is 4.98 Å². The van der Waals surface area contributed by atoms with Gasteiger partial charge in [-0.05, 0) is 42.9 Å². The van der Waals surface area contributed by atoms with Gasteiger partial charge in [-0.3, -0.25) is 4.98 Å². The van der Waals surface area contributed by atoms with Crippen LogP contribution < -0.4 is 10.2 Å². The molecular formula is C21H22N6S. The summed E-state index contributed by atoms with van der Waals surface area (Å²) in [4.78, 5) is 11.8. The van der Waals surface area contributed by atoms with E-state index in [0.717, 1.165) is 46.7 Å². The first kappa shape index (κ1) is 17.3. The van der Waals surface area contributed by atoms with Gasteiger partial charge in [0.1, 0.15) is 10.8 Å². The molecule has 0 saturated carbocycles. The lowest BCUT2D eigenvalue weighted by molar-refractivity contribution is 0.572. The van der Waals surface area contributed by atoms with Gasteiger partial charge in [0.25, 0.3) is 0 Å². The van der Waals surface area contributed by atoms with E-state index in [1.165, 1.54) is 36.0 Å². The van der Waals surface area contributed by atoms with Crippen LogP contribution in [-0.2, 0) is 6.42 Å². The van der Waals surface area contributed by atoms with Gasteiger partial charge in [-0.1, -0.05) is 29.5 Å². The van der Waals surface area contributed by atoms with Gasteiger partial charge >= 0.3 is 0 Å². The van der Waals surface area contributed by atoms with E-state index in [1.807, 2.05) is 19.4 Å². The van der Waals surface area contributed by atoms with Crippen molar-refractivity contribution < 1.29 is 0 Å². The molecule has 1 aromatic carbocycles. The van der Waals surface area contributed by atoms with E-state index in [4.69, 9.17) is 4.98 Å². The van der Waals surface area contributed by atoms with E-state index >= 15 is 0 Å². The van der Waals surface area contributed by atoms with Crippen LogP contribution in [0.4, 0.5) is 10.9 Å². The lowest BCUT2D eigenvalue weighted by Gasteiger charge is -2.27. The number of hydrogen-bond donors (Lipinski definition) is 1. The van der Waals surface area contributed by atoms with Gasteiger partial charge in [-0.15, -0.1) is 10.2 Å².